The summed E-state index contributed by atoms with van der Waals surface area (Å²) in [5, 5.41) is 11.8. The van der Waals surface area contributed by atoms with Crippen LogP contribution >= 0.6 is 15.9 Å². The molecule has 0 saturated carbocycles. The van der Waals surface area contributed by atoms with Crippen LogP contribution in [0.15, 0.2) is 34.9 Å². The van der Waals surface area contributed by atoms with Crippen LogP contribution in [-0.4, -0.2) is 21.5 Å². The monoisotopic (exact) mass is 336 g/mol. The van der Waals surface area contributed by atoms with Gasteiger partial charge in [0, 0.05) is 13.0 Å². The number of nitrogens with zero attached hydrogens (tertiary/aromatic N) is 3. The first-order valence-corrected chi connectivity index (χ1v) is 7.77. The minimum Gasteiger partial charge on any atom is -0.308 e. The molecule has 2 aromatic rings. The molecule has 0 fully saturated rings. The van der Waals surface area contributed by atoms with Gasteiger partial charge in [-0.05, 0) is 34.5 Å². The van der Waals surface area contributed by atoms with Crippen molar-refractivity contribution in [3.63, 3.8) is 0 Å². The van der Waals surface area contributed by atoms with Crippen molar-refractivity contribution < 1.29 is 0 Å². The summed E-state index contributed by atoms with van der Waals surface area (Å²) in [4.78, 5) is 0. The highest BCUT2D eigenvalue weighted by Crippen LogP contribution is 2.33. The summed E-state index contributed by atoms with van der Waals surface area (Å²) < 4.78 is 2.66. The molecule has 5 heteroatoms. The van der Waals surface area contributed by atoms with Crippen molar-refractivity contribution in [1.82, 2.24) is 20.3 Å². The predicted octanol–water partition coefficient (Wildman–Crippen LogP) is 3.42. The van der Waals surface area contributed by atoms with E-state index in [1.54, 1.807) is 0 Å². The van der Waals surface area contributed by atoms with Gasteiger partial charge in [-0.15, -0.1) is 5.10 Å². The number of nitrogens with one attached hydrogen (secondary N) is 1. The fraction of sp³-hybridized carbons (Fsp3) is 0.467. The van der Waals surface area contributed by atoms with Crippen molar-refractivity contribution >= 4 is 15.9 Å². The second-order valence-corrected chi connectivity index (χ2v) is 5.77. The first-order valence-electron chi connectivity index (χ1n) is 6.98. The Labute approximate surface area is 128 Å². The zero-order valence-electron chi connectivity index (χ0n) is 12.2. The van der Waals surface area contributed by atoms with Crippen molar-refractivity contribution in [2.75, 3.05) is 6.54 Å². The summed E-state index contributed by atoms with van der Waals surface area (Å²) in [6.45, 7) is 5.38. The zero-order chi connectivity index (χ0) is 14.5. The molecule has 1 N–H and O–H groups in total. The lowest BCUT2D eigenvalue weighted by molar-refractivity contribution is 0.437. The molecule has 0 saturated heterocycles. The Balaban J connectivity index is 2.33. The van der Waals surface area contributed by atoms with E-state index < -0.39 is 0 Å². The number of rotatable bonds is 6. The van der Waals surface area contributed by atoms with Gasteiger partial charge in [0.15, 0.2) is 4.60 Å². The topological polar surface area (TPSA) is 42.7 Å². The molecule has 2 unspecified atom stereocenters. The Morgan fingerprint density at radius 3 is 2.55 bits per heavy atom. The molecule has 108 valence electrons. The SMILES string of the molecule is CCCNC(c1c(Br)nnn1C)C(C)c1ccccc1. The van der Waals surface area contributed by atoms with Crippen LogP contribution in [0.4, 0.5) is 0 Å². The van der Waals surface area contributed by atoms with E-state index in [9.17, 15) is 0 Å². The molecule has 0 radical (unpaired) electrons. The van der Waals surface area contributed by atoms with Gasteiger partial charge in [0.2, 0.25) is 0 Å². The van der Waals surface area contributed by atoms with Crippen molar-refractivity contribution in [3.8, 4) is 0 Å². The highest BCUT2D eigenvalue weighted by molar-refractivity contribution is 9.10. The molecule has 0 spiro atoms. The molecule has 0 aliphatic carbocycles. The average molecular weight is 337 g/mol. The molecule has 1 aromatic carbocycles. The fourth-order valence-electron chi connectivity index (χ4n) is 2.43. The van der Waals surface area contributed by atoms with Crippen LogP contribution in [-0.2, 0) is 7.05 Å². The molecule has 1 aromatic heterocycles. The Bertz CT molecular complexity index is 519. The van der Waals surface area contributed by atoms with Crippen LogP contribution in [0.3, 0.4) is 0 Å². The van der Waals surface area contributed by atoms with Gasteiger partial charge in [0.05, 0.1) is 11.7 Å². The van der Waals surface area contributed by atoms with Gasteiger partial charge >= 0.3 is 0 Å². The molecule has 20 heavy (non-hydrogen) atoms. The van der Waals surface area contributed by atoms with E-state index in [2.05, 4.69) is 69.7 Å². The predicted molar refractivity (Wildman–Crippen MR) is 84.6 cm³/mol. The molecular formula is C15H21BrN4. The van der Waals surface area contributed by atoms with E-state index in [1.165, 1.54) is 5.56 Å². The van der Waals surface area contributed by atoms with Crippen LogP contribution in [0, 0.1) is 0 Å². The summed E-state index contributed by atoms with van der Waals surface area (Å²) in [7, 11) is 1.94. The van der Waals surface area contributed by atoms with E-state index in [1.807, 2.05) is 17.8 Å². The summed E-state index contributed by atoms with van der Waals surface area (Å²) in [5.41, 5.74) is 2.41. The van der Waals surface area contributed by atoms with E-state index in [0.29, 0.717) is 5.92 Å². The zero-order valence-corrected chi connectivity index (χ0v) is 13.8. The third-order valence-corrected chi connectivity index (χ3v) is 4.13. The Hall–Kier alpha value is -1.20. The number of hydrogen-bond donors (Lipinski definition) is 1. The van der Waals surface area contributed by atoms with Crippen molar-refractivity contribution in [3.05, 3.63) is 46.2 Å². The van der Waals surface area contributed by atoms with E-state index in [4.69, 9.17) is 0 Å². The maximum Gasteiger partial charge on any atom is 0.153 e. The summed E-state index contributed by atoms with van der Waals surface area (Å²) in [6, 6.07) is 10.7. The number of halogens is 1. The number of aromatic nitrogens is 3. The second-order valence-electron chi connectivity index (χ2n) is 5.02. The molecule has 0 bridgehead atoms. The molecule has 0 aliphatic heterocycles. The van der Waals surface area contributed by atoms with Gasteiger partial charge in [-0.3, -0.25) is 0 Å². The van der Waals surface area contributed by atoms with Gasteiger partial charge < -0.3 is 5.32 Å². The molecule has 2 atom stereocenters. The van der Waals surface area contributed by atoms with E-state index >= 15 is 0 Å². The molecule has 4 nitrogen and oxygen atoms in total. The summed E-state index contributed by atoms with van der Waals surface area (Å²) in [5.74, 6) is 0.344. The lowest BCUT2D eigenvalue weighted by Gasteiger charge is -2.25. The Morgan fingerprint density at radius 2 is 2.00 bits per heavy atom. The minimum atomic E-state index is 0.187. The van der Waals surface area contributed by atoms with Gasteiger partial charge in [0.1, 0.15) is 0 Å². The standard InChI is InChI=1S/C15H21BrN4/c1-4-10-17-13(14-15(16)18-19-20(14)3)11(2)12-8-6-5-7-9-12/h5-9,11,13,17H,4,10H2,1-3H3. The third-order valence-electron chi connectivity index (χ3n) is 3.56. The molecule has 2 rings (SSSR count). The van der Waals surface area contributed by atoms with Crippen LogP contribution < -0.4 is 5.32 Å². The maximum atomic E-state index is 4.11. The van der Waals surface area contributed by atoms with Gasteiger partial charge in [-0.2, -0.15) is 0 Å². The first kappa shape index (κ1) is 15.2. The summed E-state index contributed by atoms with van der Waals surface area (Å²) in [6.07, 6.45) is 1.10. The highest BCUT2D eigenvalue weighted by Gasteiger charge is 2.26. The number of hydrogen-bond acceptors (Lipinski definition) is 3. The largest absolute Gasteiger partial charge is 0.308 e. The average Bonchev–Trinajstić information content (AvgIpc) is 2.80. The molecule has 0 amide bonds. The molecule has 0 aliphatic rings. The number of benzene rings is 1. The Morgan fingerprint density at radius 1 is 1.30 bits per heavy atom. The van der Waals surface area contributed by atoms with Crippen molar-refractivity contribution in [1.29, 1.82) is 0 Å². The van der Waals surface area contributed by atoms with Gasteiger partial charge in [-0.1, -0.05) is 49.4 Å². The summed E-state index contributed by atoms with van der Waals surface area (Å²) >= 11 is 3.52. The third kappa shape index (κ3) is 3.27. The second kappa shape index (κ2) is 6.99. The van der Waals surface area contributed by atoms with Crippen molar-refractivity contribution in [2.24, 2.45) is 7.05 Å². The Kier molecular flexibility index (Phi) is 5.31. The fourth-order valence-corrected chi connectivity index (χ4v) is 3.00. The first-order chi connectivity index (χ1) is 9.65. The molecular weight excluding hydrogens is 316 g/mol. The lowest BCUT2D eigenvalue weighted by atomic mass is 9.91. The quantitative estimate of drug-likeness (QED) is 0.878. The number of aryl methyl sites for hydroxylation is 1. The highest BCUT2D eigenvalue weighted by atomic mass is 79.9. The normalized spacial score (nSPS) is 14.2. The van der Waals surface area contributed by atoms with E-state index in [-0.39, 0.29) is 6.04 Å². The van der Waals surface area contributed by atoms with Crippen LogP contribution in [0.2, 0.25) is 0 Å². The lowest BCUT2D eigenvalue weighted by Crippen LogP contribution is -2.29. The maximum absolute atomic E-state index is 4.11. The van der Waals surface area contributed by atoms with Crippen LogP contribution in [0.25, 0.3) is 0 Å². The van der Waals surface area contributed by atoms with E-state index in [0.717, 1.165) is 23.3 Å². The van der Waals surface area contributed by atoms with Crippen molar-refractivity contribution in [2.45, 2.75) is 32.2 Å². The van der Waals surface area contributed by atoms with Gasteiger partial charge in [0.25, 0.3) is 0 Å². The van der Waals surface area contributed by atoms with Crippen LogP contribution in [0.5, 0.6) is 0 Å². The van der Waals surface area contributed by atoms with Crippen LogP contribution in [0.1, 0.15) is 43.5 Å². The molecule has 1 heterocycles. The minimum absolute atomic E-state index is 0.187. The van der Waals surface area contributed by atoms with Gasteiger partial charge in [-0.25, -0.2) is 4.68 Å². The smallest absolute Gasteiger partial charge is 0.153 e.